The Kier molecular flexibility index (Phi) is 5.86. The Balaban J connectivity index is 1.34. The maximum atomic E-state index is 2.39. The molecule has 0 saturated carbocycles. The summed E-state index contributed by atoms with van der Waals surface area (Å²) in [5.74, 6) is 0. The Morgan fingerprint density at radius 1 is 0.375 bits per heavy atom. The first-order valence-corrected chi connectivity index (χ1v) is 14.0. The van der Waals surface area contributed by atoms with E-state index in [-0.39, 0.29) is 5.41 Å². The van der Waals surface area contributed by atoms with Crippen LogP contribution in [0.3, 0.4) is 0 Å². The molecule has 6 aromatic rings. The molecule has 0 aromatic heterocycles. The number of nitrogens with zero attached hydrogens (tertiary/aromatic N) is 1. The van der Waals surface area contributed by atoms with Crippen LogP contribution in [-0.2, 0) is 5.41 Å². The number of hydrogen-bond donors (Lipinski definition) is 0. The van der Waals surface area contributed by atoms with Gasteiger partial charge in [0.2, 0.25) is 0 Å². The minimum Gasteiger partial charge on any atom is -0.310 e. The van der Waals surface area contributed by atoms with Crippen molar-refractivity contribution in [1.82, 2.24) is 0 Å². The number of benzene rings is 6. The van der Waals surface area contributed by atoms with Crippen molar-refractivity contribution in [3.63, 3.8) is 0 Å². The van der Waals surface area contributed by atoms with E-state index in [1.54, 1.807) is 0 Å². The summed E-state index contributed by atoms with van der Waals surface area (Å²) < 4.78 is 0. The lowest BCUT2D eigenvalue weighted by Gasteiger charge is -2.28. The van der Waals surface area contributed by atoms with Gasteiger partial charge in [0, 0.05) is 22.5 Å². The zero-order valence-electron chi connectivity index (χ0n) is 22.9. The van der Waals surface area contributed by atoms with Crippen LogP contribution in [0.15, 0.2) is 152 Å². The summed E-state index contributed by atoms with van der Waals surface area (Å²) in [6, 6.07) is 54.8. The van der Waals surface area contributed by atoms with Crippen molar-refractivity contribution in [2.45, 2.75) is 19.3 Å². The summed E-state index contributed by atoms with van der Waals surface area (Å²) in [6.45, 7) is 4.68. The van der Waals surface area contributed by atoms with Crippen LogP contribution in [0.5, 0.6) is 0 Å². The molecule has 1 aliphatic rings. The van der Waals surface area contributed by atoms with Crippen LogP contribution < -0.4 is 4.90 Å². The molecule has 0 unspecified atom stereocenters. The predicted molar refractivity (Wildman–Crippen MR) is 170 cm³/mol. The Bertz CT molecular complexity index is 1700. The van der Waals surface area contributed by atoms with E-state index in [0.29, 0.717) is 0 Å². The highest BCUT2D eigenvalue weighted by atomic mass is 15.1. The lowest BCUT2D eigenvalue weighted by Crippen LogP contribution is -2.16. The van der Waals surface area contributed by atoms with Crippen molar-refractivity contribution in [3.05, 3.63) is 163 Å². The molecule has 6 aromatic carbocycles. The van der Waals surface area contributed by atoms with E-state index in [1.807, 2.05) is 0 Å². The summed E-state index contributed by atoms with van der Waals surface area (Å²) in [4.78, 5) is 2.38. The fourth-order valence-corrected chi connectivity index (χ4v) is 6.15. The van der Waals surface area contributed by atoms with Gasteiger partial charge in [0.25, 0.3) is 0 Å². The van der Waals surface area contributed by atoms with Gasteiger partial charge in [-0.2, -0.15) is 0 Å². The summed E-state index contributed by atoms with van der Waals surface area (Å²) in [5, 5.41) is 0. The van der Waals surface area contributed by atoms with Gasteiger partial charge >= 0.3 is 0 Å². The Hall–Kier alpha value is -4.88. The van der Waals surface area contributed by atoms with Crippen LogP contribution in [0.25, 0.3) is 33.4 Å². The smallest absolute Gasteiger partial charge is 0.0465 e. The second-order valence-corrected chi connectivity index (χ2v) is 11.1. The Morgan fingerprint density at radius 3 is 1.35 bits per heavy atom. The predicted octanol–water partition coefficient (Wildman–Crippen LogP) is 10.8. The van der Waals surface area contributed by atoms with Crippen molar-refractivity contribution in [1.29, 1.82) is 0 Å². The molecule has 0 N–H and O–H groups in total. The monoisotopic (exact) mass is 513 g/mol. The van der Waals surface area contributed by atoms with Crippen LogP contribution in [0.2, 0.25) is 0 Å². The minimum absolute atomic E-state index is 0.0536. The van der Waals surface area contributed by atoms with E-state index < -0.39 is 0 Å². The Morgan fingerprint density at radius 2 is 0.800 bits per heavy atom. The Labute approximate surface area is 237 Å². The first-order valence-electron chi connectivity index (χ1n) is 14.0. The number of anilines is 3. The molecule has 0 heterocycles. The van der Waals surface area contributed by atoms with Crippen LogP contribution in [0.1, 0.15) is 25.0 Å². The second-order valence-electron chi connectivity index (χ2n) is 11.1. The van der Waals surface area contributed by atoms with Crippen LogP contribution in [-0.4, -0.2) is 0 Å². The van der Waals surface area contributed by atoms with Gasteiger partial charge in [-0.1, -0.05) is 129 Å². The molecular formula is C39H31N. The van der Waals surface area contributed by atoms with E-state index in [4.69, 9.17) is 0 Å². The molecule has 1 nitrogen and oxygen atoms in total. The molecule has 0 fully saturated rings. The highest BCUT2D eigenvalue weighted by Crippen LogP contribution is 2.50. The van der Waals surface area contributed by atoms with Gasteiger partial charge < -0.3 is 4.90 Å². The summed E-state index contributed by atoms with van der Waals surface area (Å²) in [6.07, 6.45) is 0. The van der Waals surface area contributed by atoms with Crippen molar-refractivity contribution in [3.8, 4) is 33.4 Å². The van der Waals surface area contributed by atoms with E-state index in [2.05, 4.69) is 170 Å². The largest absolute Gasteiger partial charge is 0.310 e. The lowest BCUT2D eigenvalue weighted by molar-refractivity contribution is 0.660. The van der Waals surface area contributed by atoms with Gasteiger partial charge in [-0.15, -0.1) is 0 Å². The third-order valence-corrected chi connectivity index (χ3v) is 8.29. The molecule has 1 aliphatic carbocycles. The average Bonchev–Trinajstić information content (AvgIpc) is 3.25. The van der Waals surface area contributed by atoms with Crippen molar-refractivity contribution < 1.29 is 0 Å². The second kappa shape index (κ2) is 9.70. The number of rotatable bonds is 5. The molecule has 0 amide bonds. The minimum atomic E-state index is -0.0536. The lowest BCUT2D eigenvalue weighted by atomic mass is 9.82. The SMILES string of the molecule is CC1(C)c2ccccc2-c2ccc(N(c3ccc(-c4ccccc4)cc3)c3ccc(-c4ccccc4)cc3)cc21. The van der Waals surface area contributed by atoms with Crippen LogP contribution in [0.4, 0.5) is 17.1 Å². The van der Waals surface area contributed by atoms with Gasteiger partial charge in [0.15, 0.2) is 0 Å². The van der Waals surface area contributed by atoms with E-state index in [1.165, 1.54) is 50.2 Å². The topological polar surface area (TPSA) is 3.24 Å². The van der Waals surface area contributed by atoms with Gasteiger partial charge in [0.05, 0.1) is 0 Å². The third-order valence-electron chi connectivity index (χ3n) is 8.29. The molecule has 192 valence electrons. The van der Waals surface area contributed by atoms with Crippen molar-refractivity contribution in [2.75, 3.05) is 4.90 Å². The standard InChI is InChI=1S/C39H31N/c1-39(2)37-16-10-9-15-35(37)36-26-25-34(27-38(36)39)40(32-21-17-30(18-22-32)28-11-5-3-6-12-28)33-23-19-31(20-24-33)29-13-7-4-8-14-29/h3-27H,1-2H3. The first-order chi connectivity index (χ1) is 19.6. The normalized spacial score (nSPS) is 12.9. The maximum Gasteiger partial charge on any atom is 0.0465 e. The molecular weight excluding hydrogens is 482 g/mol. The van der Waals surface area contributed by atoms with Crippen LogP contribution >= 0.6 is 0 Å². The van der Waals surface area contributed by atoms with Crippen molar-refractivity contribution in [2.24, 2.45) is 0 Å². The molecule has 0 saturated heterocycles. The van der Waals surface area contributed by atoms with Gasteiger partial charge in [0.1, 0.15) is 0 Å². The molecule has 40 heavy (non-hydrogen) atoms. The van der Waals surface area contributed by atoms with Gasteiger partial charge in [-0.25, -0.2) is 0 Å². The first kappa shape index (κ1) is 24.2. The van der Waals surface area contributed by atoms with Gasteiger partial charge in [-0.3, -0.25) is 0 Å². The molecule has 1 heteroatoms. The van der Waals surface area contributed by atoms with Crippen molar-refractivity contribution >= 4 is 17.1 Å². The molecule has 0 radical (unpaired) electrons. The fourth-order valence-electron chi connectivity index (χ4n) is 6.15. The maximum absolute atomic E-state index is 2.39. The van der Waals surface area contributed by atoms with Crippen LogP contribution in [0, 0.1) is 0 Å². The molecule has 0 bridgehead atoms. The molecule has 0 atom stereocenters. The number of hydrogen-bond acceptors (Lipinski definition) is 1. The number of fused-ring (bicyclic) bond motifs is 3. The zero-order chi connectivity index (χ0) is 27.1. The molecule has 7 rings (SSSR count). The van der Waals surface area contributed by atoms with E-state index >= 15 is 0 Å². The van der Waals surface area contributed by atoms with E-state index in [0.717, 1.165) is 11.4 Å². The zero-order valence-corrected chi connectivity index (χ0v) is 22.9. The summed E-state index contributed by atoms with van der Waals surface area (Å²) in [7, 11) is 0. The highest BCUT2D eigenvalue weighted by molar-refractivity contribution is 5.86. The average molecular weight is 514 g/mol. The van der Waals surface area contributed by atoms with E-state index in [9.17, 15) is 0 Å². The fraction of sp³-hybridized carbons (Fsp3) is 0.0769. The van der Waals surface area contributed by atoms with Gasteiger partial charge in [-0.05, 0) is 80.9 Å². The summed E-state index contributed by atoms with van der Waals surface area (Å²) in [5.41, 5.74) is 13.7. The molecule has 0 spiro atoms. The third kappa shape index (κ3) is 4.12. The summed E-state index contributed by atoms with van der Waals surface area (Å²) >= 11 is 0. The quantitative estimate of drug-likeness (QED) is 0.222. The molecule has 0 aliphatic heterocycles. The highest BCUT2D eigenvalue weighted by Gasteiger charge is 2.35.